The molecule has 5 rings (SSSR count). The van der Waals surface area contributed by atoms with Gasteiger partial charge in [0, 0.05) is 43.0 Å². The van der Waals surface area contributed by atoms with E-state index in [9.17, 15) is 5.11 Å². The summed E-state index contributed by atoms with van der Waals surface area (Å²) in [6, 6.07) is 7.99. The number of nitrogens with zero attached hydrogens (tertiary/aromatic N) is 6. The van der Waals surface area contributed by atoms with Crippen LogP contribution in [0.25, 0.3) is 16.6 Å². The van der Waals surface area contributed by atoms with Crippen molar-refractivity contribution in [2.45, 2.75) is 45.8 Å². The van der Waals surface area contributed by atoms with E-state index in [0.717, 1.165) is 59.6 Å². The van der Waals surface area contributed by atoms with Crippen LogP contribution in [0.3, 0.4) is 0 Å². The van der Waals surface area contributed by atoms with Gasteiger partial charge in [-0.3, -0.25) is 0 Å². The molecule has 2 atom stereocenters. The number of hydrogen-bond acceptors (Lipinski definition) is 7. The van der Waals surface area contributed by atoms with Crippen molar-refractivity contribution in [3.63, 3.8) is 0 Å². The van der Waals surface area contributed by atoms with E-state index in [0.29, 0.717) is 12.4 Å². The Bertz CT molecular complexity index is 1210. The Morgan fingerprint density at radius 2 is 2.16 bits per heavy atom. The van der Waals surface area contributed by atoms with E-state index in [2.05, 4.69) is 32.5 Å². The molecule has 0 bridgehead atoms. The first-order valence-electron chi connectivity index (χ1n) is 10.8. The Labute approximate surface area is 180 Å². The average molecular weight is 422 g/mol. The summed E-state index contributed by atoms with van der Waals surface area (Å²) in [6.07, 6.45) is 5.57. The van der Waals surface area contributed by atoms with Crippen molar-refractivity contribution >= 4 is 28.2 Å². The van der Waals surface area contributed by atoms with Gasteiger partial charge in [-0.25, -0.2) is 9.67 Å². The van der Waals surface area contributed by atoms with Crippen LogP contribution in [-0.4, -0.2) is 47.7 Å². The second kappa shape index (κ2) is 8.24. The van der Waals surface area contributed by atoms with Crippen LogP contribution in [0, 0.1) is 12.8 Å². The molecule has 31 heavy (non-hydrogen) atoms. The number of ether oxygens (including phenoxy) is 1. The first-order valence-corrected chi connectivity index (χ1v) is 10.8. The summed E-state index contributed by atoms with van der Waals surface area (Å²) in [7, 11) is 0. The topological polar surface area (TPSA) is 102 Å². The predicted molar refractivity (Wildman–Crippen MR) is 117 cm³/mol. The van der Waals surface area contributed by atoms with Gasteiger partial charge < -0.3 is 15.2 Å². The highest BCUT2D eigenvalue weighted by Gasteiger charge is 2.20. The Kier molecular flexibility index (Phi) is 5.29. The molecule has 0 saturated carbocycles. The highest BCUT2D eigenvalue weighted by molar-refractivity contribution is 5.85. The average Bonchev–Trinajstić information content (AvgIpc) is 3.35. The standard InChI is InChI=1S/C22H27N7O2/c1-14(13-30)11-20-23-9-8-19-25-22(27-29(19)20)24-16-6-7-17-15(2)26-28(18(17)12-16)21-5-3-4-10-31-21/h6-9,12,14,21,30H,3-5,10-11,13H2,1-2H3,(H,24,27)/t14-,21?/m0/s1. The van der Waals surface area contributed by atoms with Crippen molar-refractivity contribution < 1.29 is 9.84 Å². The summed E-state index contributed by atoms with van der Waals surface area (Å²) in [5.74, 6) is 1.38. The third-order valence-corrected chi connectivity index (χ3v) is 5.74. The molecule has 9 nitrogen and oxygen atoms in total. The van der Waals surface area contributed by atoms with Crippen molar-refractivity contribution in [1.82, 2.24) is 29.4 Å². The normalized spacial score (nSPS) is 18.0. The van der Waals surface area contributed by atoms with E-state index in [1.165, 1.54) is 0 Å². The molecule has 1 fully saturated rings. The molecule has 1 unspecified atom stereocenters. The third kappa shape index (κ3) is 3.86. The fourth-order valence-corrected chi connectivity index (χ4v) is 4.07. The lowest BCUT2D eigenvalue weighted by Gasteiger charge is -2.23. The van der Waals surface area contributed by atoms with Crippen LogP contribution >= 0.6 is 0 Å². The van der Waals surface area contributed by atoms with Gasteiger partial charge in [-0.1, -0.05) is 6.92 Å². The van der Waals surface area contributed by atoms with Gasteiger partial charge in [0.15, 0.2) is 11.9 Å². The molecule has 0 amide bonds. The van der Waals surface area contributed by atoms with Crippen LogP contribution in [0.1, 0.15) is 43.9 Å². The van der Waals surface area contributed by atoms with Crippen molar-refractivity contribution in [2.24, 2.45) is 5.92 Å². The van der Waals surface area contributed by atoms with Crippen LogP contribution in [0.2, 0.25) is 0 Å². The highest BCUT2D eigenvalue weighted by atomic mass is 16.5. The van der Waals surface area contributed by atoms with Gasteiger partial charge in [0.1, 0.15) is 5.82 Å². The Morgan fingerprint density at radius 3 is 2.97 bits per heavy atom. The van der Waals surface area contributed by atoms with Gasteiger partial charge in [-0.15, -0.1) is 5.10 Å². The summed E-state index contributed by atoms with van der Waals surface area (Å²) in [6.45, 7) is 4.89. The lowest BCUT2D eigenvalue weighted by Crippen LogP contribution is -2.19. The summed E-state index contributed by atoms with van der Waals surface area (Å²) in [5, 5.41) is 23.1. The first kappa shape index (κ1) is 19.9. The van der Waals surface area contributed by atoms with Crippen molar-refractivity contribution in [3.8, 4) is 0 Å². The summed E-state index contributed by atoms with van der Waals surface area (Å²) >= 11 is 0. The van der Waals surface area contributed by atoms with Gasteiger partial charge >= 0.3 is 0 Å². The zero-order chi connectivity index (χ0) is 21.4. The summed E-state index contributed by atoms with van der Waals surface area (Å²) < 4.78 is 9.70. The Balaban J connectivity index is 1.46. The lowest BCUT2D eigenvalue weighted by molar-refractivity contribution is -0.0368. The maximum atomic E-state index is 9.37. The monoisotopic (exact) mass is 421 g/mol. The molecule has 1 aliphatic heterocycles. The molecule has 2 N–H and O–H groups in total. The number of anilines is 2. The second-order valence-electron chi connectivity index (χ2n) is 8.27. The van der Waals surface area contributed by atoms with Gasteiger partial charge in [0.25, 0.3) is 0 Å². The molecule has 9 heteroatoms. The molecule has 3 aromatic heterocycles. The maximum Gasteiger partial charge on any atom is 0.247 e. The SMILES string of the molecule is Cc1nn(C2CCCCO2)c2cc(Nc3nc4ccnc(C[C@H](C)CO)n4n3)ccc12. The molecular weight excluding hydrogens is 394 g/mol. The Hall–Kier alpha value is -3.04. The molecule has 1 aliphatic rings. The number of fused-ring (bicyclic) bond motifs is 2. The smallest absolute Gasteiger partial charge is 0.247 e. The molecule has 4 aromatic rings. The zero-order valence-corrected chi connectivity index (χ0v) is 17.8. The number of aliphatic hydroxyl groups excluding tert-OH is 1. The highest BCUT2D eigenvalue weighted by Crippen LogP contribution is 2.30. The number of rotatable bonds is 6. The fourth-order valence-electron chi connectivity index (χ4n) is 4.07. The van der Waals surface area contributed by atoms with Crippen molar-refractivity contribution in [1.29, 1.82) is 0 Å². The van der Waals surface area contributed by atoms with E-state index < -0.39 is 0 Å². The first-order chi connectivity index (χ1) is 15.1. The molecule has 1 saturated heterocycles. The van der Waals surface area contributed by atoms with Crippen LogP contribution in [0.5, 0.6) is 0 Å². The number of aliphatic hydroxyl groups is 1. The zero-order valence-electron chi connectivity index (χ0n) is 17.8. The van der Waals surface area contributed by atoms with Crippen LogP contribution in [0.15, 0.2) is 30.5 Å². The fraction of sp³-hybridized carbons (Fsp3) is 0.455. The second-order valence-corrected chi connectivity index (χ2v) is 8.27. The minimum atomic E-state index is -0.0179. The van der Waals surface area contributed by atoms with Crippen molar-refractivity contribution in [2.75, 3.05) is 18.5 Å². The van der Waals surface area contributed by atoms with Gasteiger partial charge in [-0.05, 0) is 50.3 Å². The largest absolute Gasteiger partial charge is 0.396 e. The molecule has 0 aliphatic carbocycles. The molecule has 4 heterocycles. The van der Waals surface area contributed by atoms with Crippen LogP contribution in [-0.2, 0) is 11.2 Å². The van der Waals surface area contributed by atoms with Crippen LogP contribution in [0.4, 0.5) is 11.6 Å². The molecule has 1 aromatic carbocycles. The van der Waals surface area contributed by atoms with E-state index in [4.69, 9.17) is 9.84 Å². The number of benzene rings is 1. The van der Waals surface area contributed by atoms with Gasteiger partial charge in [0.2, 0.25) is 5.95 Å². The van der Waals surface area contributed by atoms with E-state index in [1.54, 1.807) is 10.7 Å². The van der Waals surface area contributed by atoms with Gasteiger partial charge in [-0.2, -0.15) is 14.6 Å². The Morgan fingerprint density at radius 1 is 1.26 bits per heavy atom. The number of aryl methyl sites for hydroxylation is 1. The van der Waals surface area contributed by atoms with E-state index >= 15 is 0 Å². The minimum Gasteiger partial charge on any atom is -0.396 e. The van der Waals surface area contributed by atoms with Crippen LogP contribution < -0.4 is 5.32 Å². The predicted octanol–water partition coefficient (Wildman–Crippen LogP) is 3.40. The van der Waals surface area contributed by atoms with E-state index in [1.807, 2.05) is 30.7 Å². The third-order valence-electron chi connectivity index (χ3n) is 5.74. The maximum absolute atomic E-state index is 9.37. The summed E-state index contributed by atoms with van der Waals surface area (Å²) in [5.41, 5.74) is 3.64. The molecule has 162 valence electrons. The number of aromatic nitrogens is 6. The molecule has 0 radical (unpaired) electrons. The van der Waals surface area contributed by atoms with E-state index in [-0.39, 0.29) is 18.8 Å². The minimum absolute atomic E-state index is 0.0179. The van der Waals surface area contributed by atoms with Gasteiger partial charge in [0.05, 0.1) is 11.2 Å². The van der Waals surface area contributed by atoms with Crippen molar-refractivity contribution in [3.05, 3.63) is 42.0 Å². The number of nitrogens with one attached hydrogen (secondary N) is 1. The molecular formula is C22H27N7O2. The quantitative estimate of drug-likeness (QED) is 0.492. The lowest BCUT2D eigenvalue weighted by atomic mass is 10.1. The summed E-state index contributed by atoms with van der Waals surface area (Å²) in [4.78, 5) is 9.01. The molecule has 0 spiro atoms. The number of hydrogen-bond donors (Lipinski definition) is 2.